The first-order chi connectivity index (χ1) is 15.1. The van der Waals surface area contributed by atoms with E-state index in [9.17, 15) is 14.9 Å². The van der Waals surface area contributed by atoms with Crippen molar-refractivity contribution >= 4 is 34.3 Å². The van der Waals surface area contributed by atoms with Gasteiger partial charge >= 0.3 is 0 Å². The average Bonchev–Trinajstić information content (AvgIpc) is 3.26. The first kappa shape index (κ1) is 19.8. The summed E-state index contributed by atoms with van der Waals surface area (Å²) in [6, 6.07) is 23.8. The second kappa shape index (κ2) is 8.91. The number of benzene rings is 3. The Labute approximate surface area is 178 Å². The monoisotopic (exact) mass is 413 g/mol. The lowest BCUT2D eigenvalue weighted by Gasteiger charge is -2.07. The molecule has 4 rings (SSSR count). The fraction of sp³-hybridized carbons (Fsp3) is 0.0435. The molecule has 1 heterocycles. The number of aromatic nitrogens is 1. The molecule has 8 nitrogen and oxygen atoms in total. The summed E-state index contributed by atoms with van der Waals surface area (Å²) in [4.78, 5) is 22.5. The van der Waals surface area contributed by atoms with Crippen molar-refractivity contribution in [1.29, 1.82) is 0 Å². The molecule has 1 aromatic heterocycles. The Morgan fingerprint density at radius 3 is 2.55 bits per heavy atom. The van der Waals surface area contributed by atoms with Crippen molar-refractivity contribution in [3.63, 3.8) is 0 Å². The molecule has 0 atom stereocenters. The second-order valence-electron chi connectivity index (χ2n) is 6.79. The van der Waals surface area contributed by atoms with E-state index in [1.54, 1.807) is 12.1 Å². The topological polar surface area (TPSA) is 102 Å². The van der Waals surface area contributed by atoms with E-state index in [0.717, 1.165) is 27.8 Å². The SMILES string of the molecule is O=C(CNc1ccc2ccccc2c1)NN=Cc1cccn1-c1ccc([N+](=O)[O-])cc1. The van der Waals surface area contributed by atoms with Crippen LogP contribution in [0, 0.1) is 10.1 Å². The van der Waals surface area contributed by atoms with E-state index in [1.165, 1.54) is 18.3 Å². The molecule has 154 valence electrons. The van der Waals surface area contributed by atoms with Crippen molar-refractivity contribution < 1.29 is 9.72 Å². The molecule has 31 heavy (non-hydrogen) atoms. The van der Waals surface area contributed by atoms with Gasteiger partial charge in [0.1, 0.15) is 0 Å². The maximum atomic E-state index is 12.1. The van der Waals surface area contributed by atoms with Crippen LogP contribution in [-0.4, -0.2) is 28.2 Å². The Kier molecular flexibility index (Phi) is 5.70. The van der Waals surface area contributed by atoms with Crippen molar-refractivity contribution in [2.75, 3.05) is 11.9 Å². The van der Waals surface area contributed by atoms with Gasteiger partial charge < -0.3 is 9.88 Å². The minimum absolute atomic E-state index is 0.0253. The van der Waals surface area contributed by atoms with Gasteiger partial charge in [0.25, 0.3) is 11.6 Å². The Morgan fingerprint density at radius 1 is 1.00 bits per heavy atom. The van der Waals surface area contributed by atoms with Crippen LogP contribution in [0.25, 0.3) is 16.5 Å². The standard InChI is InChI=1S/C23H19N5O3/c29-23(16-24-19-8-7-17-4-1-2-5-18(17)14-19)26-25-15-22-6-3-13-27(22)20-9-11-21(12-10-20)28(30)31/h1-15,24H,16H2,(H,26,29). The lowest BCUT2D eigenvalue weighted by molar-refractivity contribution is -0.384. The first-order valence-electron chi connectivity index (χ1n) is 9.57. The van der Waals surface area contributed by atoms with Crippen LogP contribution < -0.4 is 10.7 Å². The number of nitrogens with zero attached hydrogens (tertiary/aromatic N) is 3. The van der Waals surface area contributed by atoms with Gasteiger partial charge in [0, 0.05) is 29.7 Å². The summed E-state index contributed by atoms with van der Waals surface area (Å²) in [5.74, 6) is -0.280. The van der Waals surface area contributed by atoms with Gasteiger partial charge in [0.2, 0.25) is 0 Å². The zero-order valence-electron chi connectivity index (χ0n) is 16.4. The summed E-state index contributed by atoms with van der Waals surface area (Å²) >= 11 is 0. The molecule has 0 aliphatic carbocycles. The van der Waals surface area contributed by atoms with E-state index in [2.05, 4.69) is 15.8 Å². The van der Waals surface area contributed by atoms with Gasteiger partial charge in [-0.25, -0.2) is 5.43 Å². The third-order valence-corrected chi connectivity index (χ3v) is 4.71. The number of nitro groups is 1. The van der Waals surface area contributed by atoms with Gasteiger partial charge in [-0.05, 0) is 47.2 Å². The molecule has 0 fully saturated rings. The third-order valence-electron chi connectivity index (χ3n) is 4.71. The van der Waals surface area contributed by atoms with E-state index < -0.39 is 4.92 Å². The molecule has 0 spiro atoms. The van der Waals surface area contributed by atoms with Crippen molar-refractivity contribution in [1.82, 2.24) is 9.99 Å². The van der Waals surface area contributed by atoms with E-state index in [4.69, 9.17) is 0 Å². The number of hydrogen-bond donors (Lipinski definition) is 2. The number of hydrazone groups is 1. The zero-order chi connectivity index (χ0) is 21.6. The molecule has 4 aromatic rings. The van der Waals surface area contributed by atoms with Crippen LogP contribution in [0.1, 0.15) is 5.69 Å². The Morgan fingerprint density at radius 2 is 1.77 bits per heavy atom. The highest BCUT2D eigenvalue weighted by atomic mass is 16.6. The molecule has 1 amide bonds. The summed E-state index contributed by atoms with van der Waals surface area (Å²) in [7, 11) is 0. The number of non-ortho nitro benzene ring substituents is 1. The molecule has 0 saturated carbocycles. The number of nitrogens with one attached hydrogen (secondary N) is 2. The smallest absolute Gasteiger partial charge is 0.269 e. The lowest BCUT2D eigenvalue weighted by atomic mass is 10.1. The third kappa shape index (κ3) is 4.76. The Bertz CT molecular complexity index is 1260. The maximum Gasteiger partial charge on any atom is 0.269 e. The fourth-order valence-corrected chi connectivity index (χ4v) is 3.16. The molecule has 0 aliphatic rings. The number of hydrogen-bond acceptors (Lipinski definition) is 5. The average molecular weight is 413 g/mol. The number of carbonyl (C=O) groups is 1. The van der Waals surface area contributed by atoms with E-state index in [-0.39, 0.29) is 18.1 Å². The number of amides is 1. The molecule has 0 saturated heterocycles. The molecule has 0 radical (unpaired) electrons. The maximum absolute atomic E-state index is 12.1. The van der Waals surface area contributed by atoms with Crippen molar-refractivity contribution in [3.05, 3.63) is 101 Å². The minimum atomic E-state index is -0.441. The van der Waals surface area contributed by atoms with Crippen LogP contribution in [-0.2, 0) is 4.79 Å². The van der Waals surface area contributed by atoms with E-state index >= 15 is 0 Å². The lowest BCUT2D eigenvalue weighted by Crippen LogP contribution is -2.26. The van der Waals surface area contributed by atoms with Crippen molar-refractivity contribution in [2.45, 2.75) is 0 Å². The Balaban J connectivity index is 1.35. The number of carbonyl (C=O) groups excluding carboxylic acids is 1. The van der Waals surface area contributed by atoms with Gasteiger partial charge in [-0.15, -0.1) is 0 Å². The van der Waals surface area contributed by atoms with Crippen molar-refractivity contribution in [2.24, 2.45) is 5.10 Å². The highest BCUT2D eigenvalue weighted by Gasteiger charge is 2.07. The predicted molar refractivity (Wildman–Crippen MR) is 121 cm³/mol. The number of anilines is 1. The molecule has 0 bridgehead atoms. The van der Waals surface area contributed by atoms with Gasteiger partial charge in [-0.3, -0.25) is 14.9 Å². The summed E-state index contributed by atoms with van der Waals surface area (Å²) in [6.45, 7) is 0.0824. The van der Waals surface area contributed by atoms with Crippen LogP contribution in [0.4, 0.5) is 11.4 Å². The quantitative estimate of drug-likeness (QED) is 0.270. The van der Waals surface area contributed by atoms with Crippen LogP contribution in [0.15, 0.2) is 90.2 Å². The largest absolute Gasteiger partial charge is 0.376 e. The Hall–Kier alpha value is -4.46. The normalized spacial score (nSPS) is 11.0. The number of rotatable bonds is 7. The van der Waals surface area contributed by atoms with Crippen LogP contribution in [0.5, 0.6) is 0 Å². The van der Waals surface area contributed by atoms with Crippen molar-refractivity contribution in [3.8, 4) is 5.69 Å². The summed E-state index contributed by atoms with van der Waals surface area (Å²) in [5, 5.41) is 20.1. The number of fused-ring (bicyclic) bond motifs is 1. The van der Waals surface area contributed by atoms with E-state index in [0.29, 0.717) is 0 Å². The molecular weight excluding hydrogens is 394 g/mol. The van der Waals surface area contributed by atoms with E-state index in [1.807, 2.05) is 65.4 Å². The number of nitro benzene ring substituents is 1. The molecule has 8 heteroatoms. The summed E-state index contributed by atoms with van der Waals surface area (Å²) in [5.41, 5.74) is 4.84. The minimum Gasteiger partial charge on any atom is -0.376 e. The van der Waals surface area contributed by atoms with Gasteiger partial charge in [-0.2, -0.15) is 5.10 Å². The van der Waals surface area contributed by atoms with Gasteiger partial charge in [-0.1, -0.05) is 30.3 Å². The summed E-state index contributed by atoms with van der Waals surface area (Å²) in [6.07, 6.45) is 3.33. The van der Waals surface area contributed by atoms with Crippen LogP contribution >= 0.6 is 0 Å². The molecule has 3 aromatic carbocycles. The molecule has 0 unspecified atom stereocenters. The molecular formula is C23H19N5O3. The fourth-order valence-electron chi connectivity index (χ4n) is 3.16. The second-order valence-corrected chi connectivity index (χ2v) is 6.79. The van der Waals surface area contributed by atoms with Crippen LogP contribution in [0.3, 0.4) is 0 Å². The van der Waals surface area contributed by atoms with Gasteiger partial charge in [0.05, 0.1) is 23.4 Å². The molecule has 0 aliphatic heterocycles. The van der Waals surface area contributed by atoms with Gasteiger partial charge in [0.15, 0.2) is 0 Å². The predicted octanol–water partition coefficient (Wildman–Crippen LogP) is 4.10. The first-order valence-corrected chi connectivity index (χ1v) is 9.57. The zero-order valence-corrected chi connectivity index (χ0v) is 16.4. The van der Waals surface area contributed by atoms with Crippen LogP contribution in [0.2, 0.25) is 0 Å². The highest BCUT2D eigenvalue weighted by molar-refractivity contribution is 5.87. The highest BCUT2D eigenvalue weighted by Crippen LogP contribution is 2.19. The summed E-state index contributed by atoms with van der Waals surface area (Å²) < 4.78 is 1.81. The molecule has 2 N–H and O–H groups in total.